The lowest BCUT2D eigenvalue weighted by Gasteiger charge is -1.98. The van der Waals surface area contributed by atoms with Crippen LogP contribution in [0.2, 0.25) is 0 Å². The molecule has 1 aliphatic carbocycles. The molecule has 0 amide bonds. The first kappa shape index (κ1) is 16.7. The summed E-state index contributed by atoms with van der Waals surface area (Å²) in [5.41, 5.74) is 2.69. The second-order valence-electron chi connectivity index (χ2n) is 4.87. The van der Waals surface area contributed by atoms with Crippen LogP contribution in [0, 0.1) is 0 Å². The van der Waals surface area contributed by atoms with Crippen LogP contribution in [0.1, 0.15) is 24.0 Å². The van der Waals surface area contributed by atoms with Gasteiger partial charge in [-0.15, -0.1) is 0 Å². The molecule has 0 nitrogen and oxygen atoms in total. The van der Waals surface area contributed by atoms with Crippen molar-refractivity contribution in [2.24, 2.45) is 0 Å². The molecule has 116 valence electrons. The average Bonchev–Trinajstić information content (AvgIpc) is 3.29. The third-order valence-electron chi connectivity index (χ3n) is 2.88. The van der Waals surface area contributed by atoms with Crippen molar-refractivity contribution in [1.29, 1.82) is 0 Å². The van der Waals surface area contributed by atoms with E-state index in [2.05, 4.69) is 60.7 Å². The molecule has 0 bridgehead atoms. The maximum absolute atomic E-state index is 9.75. The van der Waals surface area contributed by atoms with Gasteiger partial charge in [-0.3, -0.25) is 0 Å². The van der Waals surface area contributed by atoms with Crippen molar-refractivity contribution in [1.82, 2.24) is 0 Å². The Hall–Kier alpha value is -1.69. The zero-order valence-electron chi connectivity index (χ0n) is 11.8. The molecular weight excluding hydrogens is 311 g/mol. The zero-order chi connectivity index (χ0) is 16.0. The molecule has 0 unspecified atom stereocenters. The summed E-state index contributed by atoms with van der Waals surface area (Å²) in [6.45, 7) is 0. The van der Waals surface area contributed by atoms with Crippen molar-refractivity contribution >= 4 is 23.5 Å². The largest absolute Gasteiger partial charge is 0.673 e. The topological polar surface area (TPSA) is 0 Å². The van der Waals surface area contributed by atoms with Gasteiger partial charge in [0.15, 0.2) is 16.6 Å². The van der Waals surface area contributed by atoms with Crippen LogP contribution >= 0.6 is 0 Å². The Morgan fingerprint density at radius 1 is 0.773 bits per heavy atom. The van der Waals surface area contributed by atoms with E-state index in [-0.39, 0.29) is 0 Å². The van der Waals surface area contributed by atoms with Crippen LogP contribution in [0.4, 0.5) is 17.3 Å². The van der Waals surface area contributed by atoms with Crippen LogP contribution in [0.15, 0.2) is 60.7 Å². The van der Waals surface area contributed by atoms with Gasteiger partial charge in [-0.05, 0) is 24.3 Å². The van der Waals surface area contributed by atoms with Crippen LogP contribution < -0.4 is 0 Å². The van der Waals surface area contributed by atoms with Crippen molar-refractivity contribution in [2.75, 3.05) is 0 Å². The van der Waals surface area contributed by atoms with E-state index in [0.29, 0.717) is 0 Å². The summed E-state index contributed by atoms with van der Waals surface area (Å²) in [4.78, 5) is 1.42. The van der Waals surface area contributed by atoms with Gasteiger partial charge in [-0.25, -0.2) is 0 Å². The second-order valence-corrected chi connectivity index (χ2v) is 6.18. The number of rotatable bonds is 3. The lowest BCUT2D eigenvalue weighted by atomic mass is 10.1. The molecule has 2 aromatic carbocycles. The monoisotopic (exact) mass is 326 g/mol. The molecule has 1 saturated carbocycles. The summed E-state index contributed by atoms with van der Waals surface area (Å²) in [7, 11) is -6.00. The van der Waals surface area contributed by atoms with E-state index in [1.807, 2.05) is 11.4 Å². The third kappa shape index (κ3) is 6.39. The van der Waals surface area contributed by atoms with Gasteiger partial charge in [0, 0.05) is 24.0 Å². The lowest BCUT2D eigenvalue weighted by molar-refractivity contribution is 0.368. The first-order valence-corrected chi connectivity index (χ1v) is 7.83. The van der Waals surface area contributed by atoms with Gasteiger partial charge in [0.05, 0.1) is 0 Å². The Morgan fingerprint density at radius 3 is 1.45 bits per heavy atom. The second kappa shape index (κ2) is 7.54. The van der Waals surface area contributed by atoms with E-state index in [9.17, 15) is 17.3 Å². The van der Waals surface area contributed by atoms with Crippen molar-refractivity contribution in [3.63, 3.8) is 0 Å². The molecule has 0 spiro atoms. The van der Waals surface area contributed by atoms with Gasteiger partial charge in [0.1, 0.15) is 0 Å². The summed E-state index contributed by atoms with van der Waals surface area (Å²) < 4.78 is 39.0. The van der Waals surface area contributed by atoms with Gasteiger partial charge < -0.3 is 17.3 Å². The van der Waals surface area contributed by atoms with E-state index in [4.69, 9.17) is 0 Å². The summed E-state index contributed by atoms with van der Waals surface area (Å²) >= 11 is 2.03. The summed E-state index contributed by atoms with van der Waals surface area (Å²) in [6.07, 6.45) is 2.74. The Balaban J connectivity index is 0.000000309. The minimum atomic E-state index is -6.00. The summed E-state index contributed by atoms with van der Waals surface area (Å²) in [6, 6.07) is 21.4. The molecule has 22 heavy (non-hydrogen) atoms. The fraction of sp³-hybridized carbons (Fsp3) is 0.188. The Morgan fingerprint density at radius 2 is 1.14 bits per heavy atom. The van der Waals surface area contributed by atoms with Crippen LogP contribution in [-0.2, 0) is 11.4 Å². The molecule has 2 aromatic rings. The van der Waals surface area contributed by atoms with Crippen molar-refractivity contribution in [3.8, 4) is 0 Å². The van der Waals surface area contributed by atoms with E-state index in [1.165, 1.54) is 28.8 Å². The maximum Gasteiger partial charge on any atom is 0.673 e. The van der Waals surface area contributed by atoms with Gasteiger partial charge in [0.25, 0.3) is 0 Å². The first-order valence-electron chi connectivity index (χ1n) is 6.95. The maximum atomic E-state index is 9.75. The average molecular weight is 326 g/mol. The van der Waals surface area contributed by atoms with Crippen LogP contribution in [-0.4, -0.2) is 17.4 Å². The number of hydrogen-bond acceptors (Lipinski definition) is 0. The molecule has 1 aliphatic rings. The molecule has 0 saturated heterocycles. The summed E-state index contributed by atoms with van der Waals surface area (Å²) in [5, 5.41) is 0.838. The van der Waals surface area contributed by atoms with E-state index in [0.717, 1.165) is 5.25 Å². The highest BCUT2D eigenvalue weighted by molar-refractivity contribution is 7.80. The smallest absolute Gasteiger partial charge is 0.418 e. The number of hydrogen-bond donors (Lipinski definition) is 0. The first-order chi connectivity index (χ1) is 10.4. The predicted molar refractivity (Wildman–Crippen MR) is 86.7 cm³/mol. The normalized spacial score (nSPS) is 13.8. The highest BCUT2D eigenvalue weighted by Gasteiger charge is 2.34. The van der Waals surface area contributed by atoms with Crippen LogP contribution in [0.3, 0.4) is 0 Å². The van der Waals surface area contributed by atoms with Gasteiger partial charge in [-0.1, -0.05) is 36.4 Å². The SMILES string of the molecule is F[B-](F)(F)F.c1ccc(C(=[S+]C2CC2)c2ccccc2)cc1. The minimum absolute atomic E-state index is 0.838. The minimum Gasteiger partial charge on any atom is -0.418 e. The molecule has 0 atom stereocenters. The zero-order valence-corrected chi connectivity index (χ0v) is 12.6. The molecule has 0 radical (unpaired) electrons. The molecular formula is C16H15BF4S. The fourth-order valence-electron chi connectivity index (χ4n) is 1.83. The third-order valence-corrected chi connectivity index (χ3v) is 4.39. The lowest BCUT2D eigenvalue weighted by Crippen LogP contribution is -2.06. The molecule has 3 rings (SSSR count). The van der Waals surface area contributed by atoms with Gasteiger partial charge >= 0.3 is 7.25 Å². The van der Waals surface area contributed by atoms with E-state index in [1.54, 1.807) is 0 Å². The number of halogens is 4. The van der Waals surface area contributed by atoms with Crippen molar-refractivity contribution < 1.29 is 17.3 Å². The fourth-order valence-corrected chi connectivity index (χ4v) is 3.08. The van der Waals surface area contributed by atoms with Crippen molar-refractivity contribution in [2.45, 2.75) is 18.1 Å². The van der Waals surface area contributed by atoms with E-state index >= 15 is 0 Å². The van der Waals surface area contributed by atoms with Gasteiger partial charge in [0.2, 0.25) is 4.86 Å². The van der Waals surface area contributed by atoms with Crippen LogP contribution in [0.5, 0.6) is 0 Å². The Bertz CT molecular complexity index is 560. The molecule has 1 fully saturated rings. The predicted octanol–water partition coefficient (Wildman–Crippen LogP) is 4.80. The van der Waals surface area contributed by atoms with Crippen molar-refractivity contribution in [3.05, 3.63) is 71.8 Å². The molecule has 0 N–H and O–H groups in total. The van der Waals surface area contributed by atoms with E-state index < -0.39 is 7.25 Å². The molecule has 0 aliphatic heterocycles. The summed E-state index contributed by atoms with van der Waals surface area (Å²) in [5.74, 6) is 0. The Kier molecular flexibility index (Phi) is 5.72. The van der Waals surface area contributed by atoms with Gasteiger partial charge in [-0.2, -0.15) is 0 Å². The highest BCUT2D eigenvalue weighted by atomic mass is 32.1. The number of benzene rings is 2. The highest BCUT2D eigenvalue weighted by Crippen LogP contribution is 2.24. The van der Waals surface area contributed by atoms with Crippen LogP contribution in [0.25, 0.3) is 0 Å². The molecule has 6 heteroatoms. The molecule has 0 aromatic heterocycles. The molecule has 0 heterocycles. The Labute approximate surface area is 131 Å². The standard InChI is InChI=1S/C16H15S.BF4/c1-3-7-13(8-4-1)16(17-15-11-12-15)14-9-5-2-6-10-14;2-1(3,4)5/h1-10,15H,11-12H2;/q+1;-1. The quantitative estimate of drug-likeness (QED) is 0.250.